The van der Waals surface area contributed by atoms with Crippen molar-refractivity contribution >= 4 is 17.8 Å². The first kappa shape index (κ1) is 26.2. The quantitative estimate of drug-likeness (QED) is 0.255. The number of hydroxylamine groups is 1. The number of carbonyl (C=O) groups is 3. The molecule has 2 saturated carbocycles. The summed E-state index contributed by atoms with van der Waals surface area (Å²) in [5, 5.41) is 12.4. The van der Waals surface area contributed by atoms with Crippen molar-refractivity contribution in [3.05, 3.63) is 35.9 Å². The molecule has 1 aromatic carbocycles. The molecule has 0 aliphatic heterocycles. The zero-order valence-electron chi connectivity index (χ0n) is 20.5. The van der Waals surface area contributed by atoms with E-state index in [9.17, 15) is 19.6 Å². The van der Waals surface area contributed by atoms with E-state index in [1.54, 1.807) is 5.48 Å². The van der Waals surface area contributed by atoms with Gasteiger partial charge in [0.2, 0.25) is 11.8 Å². The Morgan fingerprint density at radius 2 is 1.59 bits per heavy atom. The summed E-state index contributed by atoms with van der Waals surface area (Å²) in [4.78, 5) is 39.5. The summed E-state index contributed by atoms with van der Waals surface area (Å²) in [6.45, 7) is 4.03. The van der Waals surface area contributed by atoms with Crippen LogP contribution in [0.5, 0.6) is 0 Å². The van der Waals surface area contributed by atoms with Gasteiger partial charge in [0.1, 0.15) is 12.1 Å². The zero-order valence-corrected chi connectivity index (χ0v) is 20.5. The molecule has 0 heterocycles. The number of ether oxygens (including phenoxy) is 1. The van der Waals surface area contributed by atoms with Crippen LogP contribution < -0.4 is 10.8 Å². The average molecular weight is 473 g/mol. The third kappa shape index (κ3) is 7.29. The Morgan fingerprint density at radius 3 is 2.18 bits per heavy atom. The minimum atomic E-state index is -0.827. The van der Waals surface area contributed by atoms with Gasteiger partial charge in [0.05, 0.1) is 11.8 Å². The van der Waals surface area contributed by atoms with Gasteiger partial charge in [0.25, 0.3) is 0 Å². The lowest BCUT2D eigenvalue weighted by molar-refractivity contribution is -0.153. The van der Waals surface area contributed by atoms with Crippen LogP contribution >= 0.6 is 0 Å². The highest BCUT2D eigenvalue weighted by atomic mass is 16.5. The van der Waals surface area contributed by atoms with E-state index in [2.05, 4.69) is 5.32 Å². The fourth-order valence-corrected chi connectivity index (χ4v) is 5.62. The average Bonchev–Trinajstić information content (AvgIpc) is 3.53. The van der Waals surface area contributed by atoms with E-state index in [0.29, 0.717) is 12.8 Å². The fourth-order valence-electron chi connectivity index (χ4n) is 5.62. The lowest BCUT2D eigenvalue weighted by Crippen LogP contribution is -2.50. The van der Waals surface area contributed by atoms with Crippen LogP contribution in [-0.4, -0.2) is 35.1 Å². The summed E-state index contributed by atoms with van der Waals surface area (Å²) in [6, 6.07) is 8.74. The van der Waals surface area contributed by atoms with Gasteiger partial charge < -0.3 is 10.1 Å². The van der Waals surface area contributed by atoms with Crippen LogP contribution in [0.15, 0.2) is 30.3 Å². The number of rotatable bonds is 11. The number of benzene rings is 1. The number of carbonyl (C=O) groups excluding carboxylic acids is 3. The van der Waals surface area contributed by atoms with E-state index in [-0.39, 0.29) is 23.8 Å². The normalized spacial score (nSPS) is 19.5. The second kappa shape index (κ2) is 12.9. The molecule has 7 nitrogen and oxygen atoms in total. The molecule has 3 rings (SSSR count). The van der Waals surface area contributed by atoms with Crippen molar-refractivity contribution in [3.63, 3.8) is 0 Å². The molecule has 0 aromatic heterocycles. The van der Waals surface area contributed by atoms with E-state index < -0.39 is 29.8 Å². The number of esters is 1. The summed E-state index contributed by atoms with van der Waals surface area (Å²) in [5.41, 5.74) is 2.73. The van der Waals surface area contributed by atoms with Gasteiger partial charge in [-0.1, -0.05) is 57.0 Å². The minimum absolute atomic E-state index is 0.0414. The van der Waals surface area contributed by atoms with Crippen LogP contribution in [0.25, 0.3) is 0 Å². The van der Waals surface area contributed by atoms with Crippen molar-refractivity contribution in [3.8, 4) is 0 Å². The van der Waals surface area contributed by atoms with Gasteiger partial charge in [-0.3, -0.25) is 14.8 Å². The third-order valence-electron chi connectivity index (χ3n) is 7.28. The van der Waals surface area contributed by atoms with Crippen LogP contribution in [0, 0.1) is 23.7 Å². The molecule has 2 amide bonds. The molecule has 188 valence electrons. The highest BCUT2D eigenvalue weighted by Gasteiger charge is 2.41. The molecule has 2 aliphatic carbocycles. The Hall–Kier alpha value is -2.41. The van der Waals surface area contributed by atoms with Gasteiger partial charge in [-0.25, -0.2) is 10.3 Å². The van der Waals surface area contributed by atoms with Crippen molar-refractivity contribution in [2.45, 2.75) is 90.2 Å². The van der Waals surface area contributed by atoms with E-state index in [0.717, 1.165) is 56.9 Å². The molecule has 2 aliphatic rings. The number of hydrogen-bond acceptors (Lipinski definition) is 5. The zero-order chi connectivity index (χ0) is 24.5. The van der Waals surface area contributed by atoms with Crippen molar-refractivity contribution < 1.29 is 24.3 Å². The summed E-state index contributed by atoms with van der Waals surface area (Å²) in [7, 11) is 0. The van der Waals surface area contributed by atoms with Crippen molar-refractivity contribution in [1.82, 2.24) is 10.8 Å². The van der Waals surface area contributed by atoms with Gasteiger partial charge in [0, 0.05) is 6.42 Å². The maximum atomic E-state index is 13.7. The lowest BCUT2D eigenvalue weighted by atomic mass is 9.75. The Kier molecular flexibility index (Phi) is 9.93. The predicted octanol–water partition coefficient (Wildman–Crippen LogP) is 4.17. The number of amides is 2. The molecule has 0 saturated heterocycles. The van der Waals surface area contributed by atoms with Crippen molar-refractivity contribution in [2.75, 3.05) is 0 Å². The molecule has 2 fully saturated rings. The van der Waals surface area contributed by atoms with Gasteiger partial charge >= 0.3 is 5.97 Å². The Balaban J connectivity index is 1.81. The van der Waals surface area contributed by atoms with Crippen LogP contribution in [0.1, 0.15) is 77.2 Å². The molecule has 0 bridgehead atoms. The predicted molar refractivity (Wildman–Crippen MR) is 129 cm³/mol. The largest absolute Gasteiger partial charge is 0.461 e. The van der Waals surface area contributed by atoms with Gasteiger partial charge in [-0.15, -0.1) is 0 Å². The fraction of sp³-hybridized carbons (Fsp3) is 0.667. The van der Waals surface area contributed by atoms with Gasteiger partial charge in [0.15, 0.2) is 0 Å². The maximum absolute atomic E-state index is 13.7. The first-order valence-electron chi connectivity index (χ1n) is 12.9. The first-order valence-corrected chi connectivity index (χ1v) is 12.9. The van der Waals surface area contributed by atoms with Gasteiger partial charge in [-0.2, -0.15) is 0 Å². The van der Waals surface area contributed by atoms with E-state index in [1.807, 2.05) is 44.2 Å². The maximum Gasteiger partial charge on any atom is 0.329 e. The van der Waals surface area contributed by atoms with Crippen LogP contribution in [0.3, 0.4) is 0 Å². The number of nitrogens with one attached hydrogen (secondary N) is 2. The second-order valence-electron chi connectivity index (χ2n) is 10.4. The van der Waals surface area contributed by atoms with E-state index in [1.165, 1.54) is 0 Å². The topological polar surface area (TPSA) is 105 Å². The molecule has 7 heteroatoms. The third-order valence-corrected chi connectivity index (χ3v) is 7.28. The summed E-state index contributed by atoms with van der Waals surface area (Å²) in [5.74, 6) is -2.30. The van der Waals surface area contributed by atoms with E-state index in [4.69, 9.17) is 4.74 Å². The standard InChI is InChI=1S/C27H40N2O5/c1-18(2)16-22(24(26(31)29-33)20-12-6-7-13-20)25(30)28-23(17-19-10-4-3-5-11-19)27(32)34-21-14-8-9-15-21/h3-5,10-11,18,20-24,33H,6-9,12-17H2,1-2H3,(H,28,30)(H,29,31). The molecule has 0 spiro atoms. The molecule has 3 atom stereocenters. The summed E-state index contributed by atoms with van der Waals surface area (Å²) >= 11 is 0. The summed E-state index contributed by atoms with van der Waals surface area (Å²) in [6.07, 6.45) is 8.27. The van der Waals surface area contributed by atoms with Crippen molar-refractivity contribution in [1.29, 1.82) is 0 Å². The van der Waals surface area contributed by atoms with E-state index >= 15 is 0 Å². The van der Waals surface area contributed by atoms with Crippen molar-refractivity contribution in [2.24, 2.45) is 23.7 Å². The Labute approximate surface area is 203 Å². The molecule has 0 radical (unpaired) electrons. The highest BCUT2D eigenvalue weighted by Crippen LogP contribution is 2.38. The SMILES string of the molecule is CC(C)CC(C(=O)NC(Cc1ccccc1)C(=O)OC1CCCC1)C(C(=O)NO)C1CCCC1. The van der Waals surface area contributed by atoms with Crippen LogP contribution in [0.4, 0.5) is 0 Å². The minimum Gasteiger partial charge on any atom is -0.461 e. The molecular formula is C27H40N2O5. The lowest BCUT2D eigenvalue weighted by Gasteiger charge is -2.31. The molecule has 3 N–H and O–H groups in total. The summed E-state index contributed by atoms with van der Waals surface area (Å²) < 4.78 is 5.76. The van der Waals surface area contributed by atoms with Crippen LogP contribution in [0.2, 0.25) is 0 Å². The van der Waals surface area contributed by atoms with Crippen LogP contribution in [-0.2, 0) is 25.5 Å². The van der Waals surface area contributed by atoms with Gasteiger partial charge in [-0.05, 0) is 62.3 Å². The molecular weight excluding hydrogens is 432 g/mol. The monoisotopic (exact) mass is 472 g/mol. The first-order chi connectivity index (χ1) is 16.4. The number of hydrogen-bond donors (Lipinski definition) is 3. The second-order valence-corrected chi connectivity index (χ2v) is 10.4. The Morgan fingerprint density at radius 1 is 0.971 bits per heavy atom. The highest BCUT2D eigenvalue weighted by molar-refractivity contribution is 5.90. The molecule has 1 aromatic rings. The molecule has 34 heavy (non-hydrogen) atoms. The smallest absolute Gasteiger partial charge is 0.329 e. The molecule has 3 unspecified atom stereocenters. The Bertz CT molecular complexity index is 800.